The van der Waals surface area contributed by atoms with Crippen LogP contribution in [-0.4, -0.2) is 15.9 Å². The van der Waals surface area contributed by atoms with Crippen LogP contribution < -0.4 is 11.0 Å². The fourth-order valence-electron chi connectivity index (χ4n) is 2.87. The average Bonchev–Trinajstić information content (AvgIpc) is 2.93. The van der Waals surface area contributed by atoms with Gasteiger partial charge in [0.15, 0.2) is 0 Å². The van der Waals surface area contributed by atoms with Gasteiger partial charge in [-0.2, -0.15) is 0 Å². The highest BCUT2D eigenvalue weighted by Crippen LogP contribution is 2.18. The first kappa shape index (κ1) is 17.0. The SMILES string of the molecule is CC(Cc1cccc(F)c1)C(=O)NC(C)c1ccc2[nH]c(=O)[nH]c2c1. The molecule has 0 spiro atoms. The molecule has 3 N–H and O–H groups in total. The van der Waals surface area contributed by atoms with Gasteiger partial charge >= 0.3 is 5.69 Å². The Kier molecular flexibility index (Phi) is 4.70. The van der Waals surface area contributed by atoms with E-state index in [4.69, 9.17) is 0 Å². The predicted octanol–water partition coefficient (Wildman–Crippen LogP) is 3.05. The molecule has 1 aromatic heterocycles. The summed E-state index contributed by atoms with van der Waals surface area (Å²) in [7, 11) is 0. The van der Waals surface area contributed by atoms with Crippen LogP contribution >= 0.6 is 0 Å². The van der Waals surface area contributed by atoms with E-state index >= 15 is 0 Å². The molecule has 1 heterocycles. The number of benzene rings is 2. The first-order chi connectivity index (χ1) is 11.9. The molecule has 3 rings (SSSR count). The number of nitrogens with one attached hydrogen (secondary N) is 3. The third-order valence-corrected chi connectivity index (χ3v) is 4.28. The largest absolute Gasteiger partial charge is 0.349 e. The lowest BCUT2D eigenvalue weighted by Gasteiger charge is -2.18. The van der Waals surface area contributed by atoms with Gasteiger partial charge in [-0.25, -0.2) is 9.18 Å². The van der Waals surface area contributed by atoms with Gasteiger partial charge in [0.2, 0.25) is 5.91 Å². The summed E-state index contributed by atoms with van der Waals surface area (Å²) in [5.74, 6) is -0.674. The van der Waals surface area contributed by atoms with Crippen molar-refractivity contribution in [1.82, 2.24) is 15.3 Å². The summed E-state index contributed by atoms with van der Waals surface area (Å²) < 4.78 is 13.3. The van der Waals surface area contributed by atoms with Crippen molar-refractivity contribution in [1.29, 1.82) is 0 Å². The zero-order valence-corrected chi connectivity index (χ0v) is 14.1. The molecule has 3 aromatic rings. The zero-order valence-electron chi connectivity index (χ0n) is 14.1. The normalized spacial score (nSPS) is 13.6. The number of rotatable bonds is 5. The molecule has 0 aliphatic heterocycles. The van der Waals surface area contributed by atoms with Gasteiger partial charge in [-0.15, -0.1) is 0 Å². The van der Waals surface area contributed by atoms with E-state index in [1.165, 1.54) is 12.1 Å². The molecule has 25 heavy (non-hydrogen) atoms. The summed E-state index contributed by atoms with van der Waals surface area (Å²) in [5.41, 5.74) is 2.87. The molecule has 1 amide bonds. The predicted molar refractivity (Wildman–Crippen MR) is 94.7 cm³/mol. The maximum Gasteiger partial charge on any atom is 0.323 e. The molecule has 0 fully saturated rings. The highest BCUT2D eigenvalue weighted by molar-refractivity contribution is 5.79. The standard InChI is InChI=1S/C19H20FN3O2/c1-11(8-13-4-3-5-15(20)9-13)18(24)21-12(2)14-6-7-16-17(10-14)23-19(25)22-16/h3-7,9-12H,8H2,1-2H3,(H,21,24)(H2,22,23,25). The van der Waals surface area contributed by atoms with Gasteiger partial charge in [0.25, 0.3) is 0 Å². The Morgan fingerprint density at radius 2 is 1.88 bits per heavy atom. The molecule has 0 aliphatic rings. The third-order valence-electron chi connectivity index (χ3n) is 4.28. The minimum Gasteiger partial charge on any atom is -0.349 e. The summed E-state index contributed by atoms with van der Waals surface area (Å²) in [6.07, 6.45) is 0.473. The third kappa shape index (κ3) is 3.96. The molecule has 130 valence electrons. The number of halogens is 1. The number of aromatic amines is 2. The molecule has 0 saturated carbocycles. The molecule has 0 bridgehead atoms. The van der Waals surface area contributed by atoms with Crippen LogP contribution in [0.2, 0.25) is 0 Å². The Morgan fingerprint density at radius 1 is 1.12 bits per heavy atom. The zero-order chi connectivity index (χ0) is 18.0. The van der Waals surface area contributed by atoms with Gasteiger partial charge < -0.3 is 15.3 Å². The summed E-state index contributed by atoms with van der Waals surface area (Å²) in [6.45, 7) is 3.71. The number of aromatic nitrogens is 2. The second kappa shape index (κ2) is 6.93. The monoisotopic (exact) mass is 341 g/mol. The van der Waals surface area contributed by atoms with Gasteiger partial charge in [-0.05, 0) is 48.7 Å². The number of carbonyl (C=O) groups excluding carboxylic acids is 1. The fraction of sp³-hybridized carbons (Fsp3) is 0.263. The van der Waals surface area contributed by atoms with Gasteiger partial charge in [0.05, 0.1) is 17.1 Å². The Bertz CT molecular complexity index is 960. The van der Waals surface area contributed by atoms with Crippen LogP contribution in [0.1, 0.15) is 31.0 Å². The molecular formula is C19H20FN3O2. The minimum absolute atomic E-state index is 0.0978. The van der Waals surface area contributed by atoms with E-state index in [9.17, 15) is 14.0 Å². The molecule has 0 saturated heterocycles. The summed E-state index contributed by atoms with van der Waals surface area (Å²) >= 11 is 0. The van der Waals surface area contributed by atoms with E-state index in [2.05, 4.69) is 15.3 Å². The molecule has 2 aromatic carbocycles. The summed E-state index contributed by atoms with van der Waals surface area (Å²) in [4.78, 5) is 29.1. The highest BCUT2D eigenvalue weighted by Gasteiger charge is 2.17. The quantitative estimate of drug-likeness (QED) is 0.667. The van der Waals surface area contributed by atoms with Crippen LogP contribution in [0.25, 0.3) is 11.0 Å². The number of hydrogen-bond acceptors (Lipinski definition) is 2. The average molecular weight is 341 g/mol. The van der Waals surface area contributed by atoms with Crippen molar-refractivity contribution in [3.63, 3.8) is 0 Å². The van der Waals surface area contributed by atoms with Gasteiger partial charge in [0, 0.05) is 5.92 Å². The molecule has 6 heteroatoms. The molecular weight excluding hydrogens is 321 g/mol. The summed E-state index contributed by atoms with van der Waals surface area (Å²) in [5, 5.41) is 2.97. The Balaban J connectivity index is 1.67. The van der Waals surface area contributed by atoms with Crippen molar-refractivity contribution < 1.29 is 9.18 Å². The maximum atomic E-state index is 13.3. The maximum absolute atomic E-state index is 13.3. The molecule has 2 unspecified atom stereocenters. The second-order valence-electron chi connectivity index (χ2n) is 6.35. The lowest BCUT2D eigenvalue weighted by atomic mass is 9.99. The van der Waals surface area contributed by atoms with E-state index in [1.807, 2.05) is 32.0 Å². The van der Waals surface area contributed by atoms with E-state index in [1.54, 1.807) is 12.1 Å². The van der Waals surface area contributed by atoms with Crippen LogP contribution in [0.5, 0.6) is 0 Å². The number of H-pyrrole nitrogens is 2. The molecule has 0 radical (unpaired) electrons. The smallest absolute Gasteiger partial charge is 0.323 e. The number of carbonyl (C=O) groups is 1. The number of fused-ring (bicyclic) bond motifs is 1. The second-order valence-corrected chi connectivity index (χ2v) is 6.35. The minimum atomic E-state index is -0.299. The van der Waals surface area contributed by atoms with Crippen molar-refractivity contribution in [2.45, 2.75) is 26.3 Å². The fourth-order valence-corrected chi connectivity index (χ4v) is 2.87. The van der Waals surface area contributed by atoms with Crippen LogP contribution in [0.3, 0.4) is 0 Å². The highest BCUT2D eigenvalue weighted by atomic mass is 19.1. The number of amides is 1. The lowest BCUT2D eigenvalue weighted by molar-refractivity contribution is -0.125. The molecule has 0 aliphatic carbocycles. The number of imidazole rings is 1. The Morgan fingerprint density at radius 3 is 2.64 bits per heavy atom. The van der Waals surface area contributed by atoms with Crippen molar-refractivity contribution >= 4 is 16.9 Å². The van der Waals surface area contributed by atoms with Crippen LogP contribution in [0.15, 0.2) is 47.3 Å². The van der Waals surface area contributed by atoms with Gasteiger partial charge in [0.1, 0.15) is 5.82 Å². The molecule has 2 atom stereocenters. The van der Waals surface area contributed by atoms with Crippen LogP contribution in [0, 0.1) is 11.7 Å². The first-order valence-electron chi connectivity index (χ1n) is 8.19. The number of hydrogen-bond donors (Lipinski definition) is 3. The van der Waals surface area contributed by atoms with Gasteiger partial charge in [-0.3, -0.25) is 4.79 Å². The Hall–Kier alpha value is -2.89. The lowest BCUT2D eigenvalue weighted by Crippen LogP contribution is -2.32. The summed E-state index contributed by atoms with van der Waals surface area (Å²) in [6, 6.07) is 11.6. The van der Waals surface area contributed by atoms with E-state index in [0.717, 1.165) is 16.6 Å². The van der Waals surface area contributed by atoms with Crippen molar-refractivity contribution in [2.24, 2.45) is 5.92 Å². The van der Waals surface area contributed by atoms with Crippen molar-refractivity contribution in [3.05, 3.63) is 69.9 Å². The molecule has 5 nitrogen and oxygen atoms in total. The van der Waals surface area contributed by atoms with E-state index in [0.29, 0.717) is 11.9 Å². The topological polar surface area (TPSA) is 77.8 Å². The van der Waals surface area contributed by atoms with Crippen LogP contribution in [0.4, 0.5) is 4.39 Å². The van der Waals surface area contributed by atoms with E-state index in [-0.39, 0.29) is 29.4 Å². The van der Waals surface area contributed by atoms with Crippen molar-refractivity contribution in [3.8, 4) is 0 Å². The van der Waals surface area contributed by atoms with E-state index < -0.39 is 0 Å². The van der Waals surface area contributed by atoms with Crippen LogP contribution in [-0.2, 0) is 11.2 Å². The Labute approximate surface area is 144 Å². The van der Waals surface area contributed by atoms with Gasteiger partial charge in [-0.1, -0.05) is 25.1 Å². The first-order valence-corrected chi connectivity index (χ1v) is 8.19. The van der Waals surface area contributed by atoms with Crippen molar-refractivity contribution in [2.75, 3.05) is 0 Å².